The van der Waals surface area contributed by atoms with Gasteiger partial charge in [0.15, 0.2) is 0 Å². The smallest absolute Gasteiger partial charge is 0.226 e. The number of alkyl halides is 1. The average Bonchev–Trinajstić information content (AvgIpc) is 2.76. The van der Waals surface area contributed by atoms with Crippen molar-refractivity contribution in [3.63, 3.8) is 0 Å². The Kier molecular flexibility index (Phi) is 5.29. The van der Waals surface area contributed by atoms with Crippen molar-refractivity contribution in [3.8, 4) is 0 Å². The largest absolute Gasteiger partial charge is 0.377 e. The van der Waals surface area contributed by atoms with Crippen LogP contribution in [0.15, 0.2) is 0 Å². The first-order chi connectivity index (χ1) is 9.04. The molecule has 110 valence electrons. The van der Waals surface area contributed by atoms with E-state index in [1.165, 1.54) is 12.8 Å². The fourth-order valence-corrected chi connectivity index (χ4v) is 3.65. The molecule has 1 atom stereocenters. The highest BCUT2D eigenvalue weighted by atomic mass is 79.9. The van der Waals surface area contributed by atoms with E-state index in [0.717, 1.165) is 44.3 Å². The Hall–Kier alpha value is -0.0900. The Morgan fingerprint density at radius 1 is 1.32 bits per heavy atom. The van der Waals surface area contributed by atoms with Gasteiger partial charge in [0, 0.05) is 24.3 Å². The first-order valence-electron chi connectivity index (χ1n) is 7.51. The zero-order valence-electron chi connectivity index (χ0n) is 12.2. The Morgan fingerprint density at radius 3 is 2.53 bits per heavy atom. The molecule has 2 rings (SSSR count). The molecule has 0 radical (unpaired) electrons. The molecular weight excluding hydrogens is 306 g/mol. The van der Waals surface area contributed by atoms with E-state index in [2.05, 4.69) is 34.7 Å². The molecule has 0 aromatic heterocycles. The molecule has 2 aliphatic rings. The summed E-state index contributed by atoms with van der Waals surface area (Å²) in [6.45, 7) is 7.01. The summed E-state index contributed by atoms with van der Waals surface area (Å²) in [6, 6.07) is 0. The number of rotatable bonds is 4. The highest BCUT2D eigenvalue weighted by Gasteiger charge is 2.41. The molecule has 19 heavy (non-hydrogen) atoms. The van der Waals surface area contributed by atoms with Crippen LogP contribution in [0.25, 0.3) is 0 Å². The fraction of sp³-hybridized carbons (Fsp3) is 0.933. The molecule has 1 unspecified atom stereocenters. The highest BCUT2D eigenvalue weighted by Crippen LogP contribution is 2.43. The maximum absolute atomic E-state index is 12.6. The molecule has 0 aromatic carbocycles. The number of hydrogen-bond acceptors (Lipinski definition) is 2. The minimum absolute atomic E-state index is 0.195. The molecule has 0 spiro atoms. The van der Waals surface area contributed by atoms with Gasteiger partial charge in [-0.1, -0.05) is 36.2 Å². The monoisotopic (exact) mass is 331 g/mol. The van der Waals surface area contributed by atoms with E-state index >= 15 is 0 Å². The normalized spacial score (nSPS) is 27.7. The summed E-state index contributed by atoms with van der Waals surface area (Å²) in [5, 5.41) is 0.891. The number of nitrogens with zero attached hydrogens (tertiary/aromatic N) is 1. The number of ether oxygens (including phenoxy) is 1. The zero-order valence-corrected chi connectivity index (χ0v) is 13.7. The lowest BCUT2D eigenvalue weighted by atomic mass is 9.81. The predicted octanol–water partition coefficient (Wildman–Crippen LogP) is 3.22. The molecule has 2 fully saturated rings. The third kappa shape index (κ3) is 3.72. The van der Waals surface area contributed by atoms with E-state index in [0.29, 0.717) is 12.0 Å². The molecule has 1 amide bonds. The molecule has 1 aliphatic heterocycles. The van der Waals surface area contributed by atoms with Crippen LogP contribution in [0.4, 0.5) is 0 Å². The van der Waals surface area contributed by atoms with Gasteiger partial charge >= 0.3 is 0 Å². The van der Waals surface area contributed by atoms with Crippen molar-refractivity contribution >= 4 is 21.8 Å². The zero-order chi connectivity index (χ0) is 13.9. The van der Waals surface area contributed by atoms with Crippen molar-refractivity contribution in [2.24, 2.45) is 11.3 Å². The van der Waals surface area contributed by atoms with Crippen molar-refractivity contribution in [3.05, 3.63) is 0 Å². The fourth-order valence-electron chi connectivity index (χ4n) is 3.46. The summed E-state index contributed by atoms with van der Waals surface area (Å²) in [5.74, 6) is 0.633. The number of halogens is 1. The Labute approximate surface area is 125 Å². The molecule has 0 bridgehead atoms. The number of hydrogen-bond donors (Lipinski definition) is 0. The van der Waals surface area contributed by atoms with Crippen LogP contribution < -0.4 is 0 Å². The summed E-state index contributed by atoms with van der Waals surface area (Å²) in [5.41, 5.74) is 0.195. The van der Waals surface area contributed by atoms with Crippen molar-refractivity contribution in [1.82, 2.24) is 4.90 Å². The number of carbonyl (C=O) groups is 1. The van der Waals surface area contributed by atoms with Crippen LogP contribution >= 0.6 is 15.9 Å². The molecule has 1 aliphatic carbocycles. The van der Waals surface area contributed by atoms with Crippen LogP contribution in [0.5, 0.6) is 0 Å². The molecule has 0 aromatic rings. The number of amides is 1. The summed E-state index contributed by atoms with van der Waals surface area (Å²) in [7, 11) is 0. The quantitative estimate of drug-likeness (QED) is 0.740. The Morgan fingerprint density at radius 2 is 2.00 bits per heavy atom. The molecule has 1 heterocycles. The van der Waals surface area contributed by atoms with Gasteiger partial charge in [-0.15, -0.1) is 0 Å². The van der Waals surface area contributed by atoms with Gasteiger partial charge in [-0.2, -0.15) is 0 Å². The molecule has 0 N–H and O–H groups in total. The van der Waals surface area contributed by atoms with E-state index in [-0.39, 0.29) is 11.3 Å². The molecular formula is C15H26BrNO2. The Balaban J connectivity index is 1.82. The van der Waals surface area contributed by atoms with Gasteiger partial charge in [-0.05, 0) is 31.1 Å². The molecule has 3 nitrogen and oxygen atoms in total. The summed E-state index contributed by atoms with van der Waals surface area (Å²) >= 11 is 3.38. The lowest BCUT2D eigenvalue weighted by molar-refractivity contribution is -0.140. The van der Waals surface area contributed by atoms with Crippen LogP contribution in [0.2, 0.25) is 0 Å². The van der Waals surface area contributed by atoms with Gasteiger partial charge in [0.2, 0.25) is 5.91 Å². The summed E-state index contributed by atoms with van der Waals surface area (Å²) in [6.07, 6.45) is 5.80. The summed E-state index contributed by atoms with van der Waals surface area (Å²) < 4.78 is 5.74. The van der Waals surface area contributed by atoms with Crippen LogP contribution in [0.1, 0.15) is 46.0 Å². The van der Waals surface area contributed by atoms with Crippen LogP contribution in [0.3, 0.4) is 0 Å². The van der Waals surface area contributed by atoms with Crippen LogP contribution in [0, 0.1) is 11.3 Å². The van der Waals surface area contributed by atoms with E-state index in [9.17, 15) is 4.79 Å². The summed E-state index contributed by atoms with van der Waals surface area (Å²) in [4.78, 5) is 14.7. The lowest BCUT2D eigenvalue weighted by Crippen LogP contribution is -2.45. The third-order valence-corrected chi connectivity index (χ3v) is 5.06. The lowest BCUT2D eigenvalue weighted by Gasteiger charge is -2.36. The minimum atomic E-state index is 0.195. The maximum atomic E-state index is 12.6. The van der Waals surface area contributed by atoms with Crippen LogP contribution in [-0.2, 0) is 9.53 Å². The molecule has 1 saturated carbocycles. The number of carbonyl (C=O) groups excluding carboxylic acids is 1. The third-order valence-electron chi connectivity index (χ3n) is 4.74. The van der Waals surface area contributed by atoms with Crippen LogP contribution in [-0.4, -0.2) is 41.9 Å². The van der Waals surface area contributed by atoms with Gasteiger partial charge < -0.3 is 9.64 Å². The second kappa shape index (κ2) is 6.57. The van der Waals surface area contributed by atoms with Crippen molar-refractivity contribution < 1.29 is 9.53 Å². The van der Waals surface area contributed by atoms with Gasteiger partial charge in [0.05, 0.1) is 12.7 Å². The highest BCUT2D eigenvalue weighted by molar-refractivity contribution is 9.09. The van der Waals surface area contributed by atoms with E-state index in [1.807, 2.05) is 0 Å². The predicted molar refractivity (Wildman–Crippen MR) is 80.5 cm³/mol. The first-order valence-corrected chi connectivity index (χ1v) is 8.63. The van der Waals surface area contributed by atoms with Gasteiger partial charge in [-0.25, -0.2) is 0 Å². The van der Waals surface area contributed by atoms with Gasteiger partial charge in [0.1, 0.15) is 0 Å². The topological polar surface area (TPSA) is 29.5 Å². The van der Waals surface area contributed by atoms with E-state index in [1.54, 1.807) is 0 Å². The Bertz CT molecular complexity index is 311. The van der Waals surface area contributed by atoms with Gasteiger partial charge in [0.25, 0.3) is 0 Å². The second-order valence-electron chi connectivity index (χ2n) is 6.52. The standard InChI is InChI=1S/C15H26BrNO2/c1-15(2)7-3-4-13(15)14(18)17-9-5-12(6-10-17)19-11-8-16/h12-13H,3-11H2,1-2H3. The SMILES string of the molecule is CC1(C)CCCC1C(=O)N1CCC(OCCBr)CC1. The van der Waals surface area contributed by atoms with Crippen molar-refractivity contribution in [2.75, 3.05) is 25.0 Å². The van der Waals surface area contributed by atoms with Crippen molar-refractivity contribution in [2.45, 2.75) is 52.1 Å². The molecule has 4 heteroatoms. The van der Waals surface area contributed by atoms with E-state index in [4.69, 9.17) is 4.74 Å². The number of piperidine rings is 1. The minimum Gasteiger partial charge on any atom is -0.377 e. The first kappa shape index (κ1) is 15.3. The van der Waals surface area contributed by atoms with E-state index < -0.39 is 0 Å². The number of likely N-dealkylation sites (tertiary alicyclic amines) is 1. The van der Waals surface area contributed by atoms with Crippen molar-refractivity contribution in [1.29, 1.82) is 0 Å². The van der Waals surface area contributed by atoms with Gasteiger partial charge in [-0.3, -0.25) is 4.79 Å². The average molecular weight is 332 g/mol. The second-order valence-corrected chi connectivity index (χ2v) is 7.31. The maximum Gasteiger partial charge on any atom is 0.226 e. The molecule has 1 saturated heterocycles.